The van der Waals surface area contributed by atoms with Crippen LogP contribution in [0.5, 0.6) is 0 Å². The Hall–Kier alpha value is -1.84. The van der Waals surface area contributed by atoms with Gasteiger partial charge in [-0.1, -0.05) is 0 Å². The molecule has 0 aliphatic heterocycles. The topological polar surface area (TPSA) is 44.1 Å². The zero-order valence-electron chi connectivity index (χ0n) is 12.2. The van der Waals surface area contributed by atoms with E-state index in [1.54, 1.807) is 6.33 Å². The number of ether oxygens (including phenoxy) is 1. The monoisotopic (exact) mass is 260 g/mol. The SMILES string of the molecule is COC(=O)C(C)(C)Cn1cnc2cc(C)c(C)cc21. The average molecular weight is 260 g/mol. The largest absolute Gasteiger partial charge is 0.469 e. The highest BCUT2D eigenvalue weighted by atomic mass is 16.5. The van der Waals surface area contributed by atoms with Gasteiger partial charge in [0.05, 0.1) is 29.9 Å². The first-order chi connectivity index (χ1) is 8.85. The van der Waals surface area contributed by atoms with Crippen molar-refractivity contribution in [1.29, 1.82) is 0 Å². The Labute approximate surface area is 113 Å². The molecule has 0 fully saturated rings. The van der Waals surface area contributed by atoms with Gasteiger partial charge in [0.25, 0.3) is 0 Å². The molecule has 4 heteroatoms. The van der Waals surface area contributed by atoms with Crippen molar-refractivity contribution in [2.45, 2.75) is 34.2 Å². The van der Waals surface area contributed by atoms with Crippen molar-refractivity contribution >= 4 is 17.0 Å². The zero-order valence-corrected chi connectivity index (χ0v) is 12.2. The van der Waals surface area contributed by atoms with Gasteiger partial charge >= 0.3 is 5.97 Å². The van der Waals surface area contributed by atoms with E-state index in [-0.39, 0.29) is 5.97 Å². The van der Waals surface area contributed by atoms with Gasteiger partial charge in [-0.3, -0.25) is 4.79 Å². The van der Waals surface area contributed by atoms with E-state index in [4.69, 9.17) is 4.74 Å². The lowest BCUT2D eigenvalue weighted by molar-refractivity contribution is -0.151. The molecule has 1 heterocycles. The predicted molar refractivity (Wildman–Crippen MR) is 75.0 cm³/mol. The van der Waals surface area contributed by atoms with Crippen LogP contribution in [0.3, 0.4) is 0 Å². The molecule has 0 saturated carbocycles. The maximum atomic E-state index is 11.8. The van der Waals surface area contributed by atoms with Gasteiger partial charge in [-0.05, 0) is 51.0 Å². The Bertz CT molecular complexity index is 626. The predicted octanol–water partition coefficient (Wildman–Crippen LogP) is 2.85. The number of nitrogens with zero attached hydrogens (tertiary/aromatic N) is 2. The minimum absolute atomic E-state index is 0.210. The van der Waals surface area contributed by atoms with Crippen LogP contribution in [0.25, 0.3) is 11.0 Å². The maximum absolute atomic E-state index is 11.8. The van der Waals surface area contributed by atoms with E-state index in [1.165, 1.54) is 18.2 Å². The first kappa shape index (κ1) is 13.6. The number of carbonyl (C=O) groups excluding carboxylic acids is 1. The summed E-state index contributed by atoms with van der Waals surface area (Å²) in [4.78, 5) is 16.2. The number of hydrogen-bond donors (Lipinski definition) is 0. The van der Waals surface area contributed by atoms with Crippen LogP contribution in [0.15, 0.2) is 18.5 Å². The third kappa shape index (κ3) is 2.48. The third-order valence-corrected chi connectivity index (χ3v) is 3.54. The number of benzene rings is 1. The van der Waals surface area contributed by atoms with Gasteiger partial charge in [0.1, 0.15) is 0 Å². The van der Waals surface area contributed by atoms with E-state index in [1.807, 2.05) is 18.4 Å². The van der Waals surface area contributed by atoms with Crippen molar-refractivity contribution in [2.75, 3.05) is 7.11 Å². The molecule has 4 nitrogen and oxygen atoms in total. The fraction of sp³-hybridized carbons (Fsp3) is 0.467. The van der Waals surface area contributed by atoms with Gasteiger partial charge in [-0.15, -0.1) is 0 Å². The first-order valence-electron chi connectivity index (χ1n) is 6.35. The number of imidazole rings is 1. The molecule has 0 radical (unpaired) electrons. The Morgan fingerprint density at radius 2 is 1.95 bits per heavy atom. The van der Waals surface area contributed by atoms with Crippen molar-refractivity contribution in [3.63, 3.8) is 0 Å². The van der Waals surface area contributed by atoms with E-state index in [2.05, 4.69) is 31.0 Å². The van der Waals surface area contributed by atoms with Crippen molar-refractivity contribution in [3.05, 3.63) is 29.6 Å². The second kappa shape index (κ2) is 4.68. The summed E-state index contributed by atoms with van der Waals surface area (Å²) in [5.41, 5.74) is 3.90. The van der Waals surface area contributed by atoms with Crippen LogP contribution in [0.2, 0.25) is 0 Å². The van der Waals surface area contributed by atoms with Crippen molar-refractivity contribution < 1.29 is 9.53 Å². The number of carbonyl (C=O) groups is 1. The van der Waals surface area contributed by atoms with Crippen LogP contribution < -0.4 is 0 Å². The van der Waals surface area contributed by atoms with Crippen LogP contribution >= 0.6 is 0 Å². The minimum Gasteiger partial charge on any atom is -0.469 e. The van der Waals surface area contributed by atoms with Crippen LogP contribution in [-0.2, 0) is 16.1 Å². The Balaban J connectivity index is 2.42. The third-order valence-electron chi connectivity index (χ3n) is 3.54. The molecule has 19 heavy (non-hydrogen) atoms. The lowest BCUT2D eigenvalue weighted by Crippen LogP contribution is -2.30. The van der Waals surface area contributed by atoms with Crippen LogP contribution in [-0.4, -0.2) is 22.6 Å². The van der Waals surface area contributed by atoms with Crippen LogP contribution in [0.4, 0.5) is 0 Å². The van der Waals surface area contributed by atoms with Gasteiger partial charge < -0.3 is 9.30 Å². The standard InChI is InChI=1S/C15H20N2O2/c1-10-6-12-13(7-11(10)2)17(9-16-12)8-15(3,4)14(18)19-5/h6-7,9H,8H2,1-5H3. The molecule has 102 valence electrons. The lowest BCUT2D eigenvalue weighted by atomic mass is 9.93. The summed E-state index contributed by atoms with van der Waals surface area (Å²) >= 11 is 0. The highest BCUT2D eigenvalue weighted by molar-refractivity contribution is 5.79. The number of esters is 1. The fourth-order valence-electron chi connectivity index (χ4n) is 2.21. The number of fused-ring (bicyclic) bond motifs is 1. The minimum atomic E-state index is -0.568. The molecule has 0 aliphatic carbocycles. The van der Waals surface area contributed by atoms with E-state index < -0.39 is 5.41 Å². The molecule has 0 aliphatic rings. The smallest absolute Gasteiger partial charge is 0.313 e. The van der Waals surface area contributed by atoms with E-state index >= 15 is 0 Å². The summed E-state index contributed by atoms with van der Waals surface area (Å²) in [6.07, 6.45) is 1.79. The molecule has 0 bridgehead atoms. The van der Waals surface area contributed by atoms with Gasteiger partial charge in [0.15, 0.2) is 0 Å². The fourth-order valence-corrected chi connectivity index (χ4v) is 2.21. The van der Waals surface area contributed by atoms with Crippen LogP contribution in [0, 0.1) is 19.3 Å². The molecule has 0 saturated heterocycles. The quantitative estimate of drug-likeness (QED) is 0.797. The normalized spacial score (nSPS) is 11.8. The van der Waals surface area contributed by atoms with E-state index in [9.17, 15) is 4.79 Å². The second-order valence-electron chi connectivity index (χ2n) is 5.67. The number of hydrogen-bond acceptors (Lipinski definition) is 3. The number of rotatable bonds is 3. The van der Waals surface area contributed by atoms with Crippen molar-refractivity contribution in [1.82, 2.24) is 9.55 Å². The molecule has 2 rings (SSSR count). The molecule has 1 aromatic carbocycles. The summed E-state index contributed by atoms with van der Waals surface area (Å²) < 4.78 is 6.86. The molecule has 0 atom stereocenters. The van der Waals surface area contributed by atoms with Crippen molar-refractivity contribution in [2.24, 2.45) is 5.41 Å². The molecule has 2 aromatic rings. The summed E-state index contributed by atoms with van der Waals surface area (Å²) in [5, 5.41) is 0. The zero-order chi connectivity index (χ0) is 14.2. The van der Waals surface area contributed by atoms with Crippen molar-refractivity contribution in [3.8, 4) is 0 Å². The Morgan fingerprint density at radius 3 is 2.58 bits per heavy atom. The maximum Gasteiger partial charge on any atom is 0.313 e. The summed E-state index contributed by atoms with van der Waals surface area (Å²) in [7, 11) is 1.42. The van der Waals surface area contributed by atoms with Crippen LogP contribution in [0.1, 0.15) is 25.0 Å². The molecule has 0 unspecified atom stereocenters. The Kier molecular flexibility index (Phi) is 3.35. The summed E-state index contributed by atoms with van der Waals surface area (Å²) in [5.74, 6) is -0.210. The van der Waals surface area contributed by atoms with E-state index in [0.29, 0.717) is 6.54 Å². The Morgan fingerprint density at radius 1 is 1.32 bits per heavy atom. The average Bonchev–Trinajstić information content (AvgIpc) is 2.71. The number of aryl methyl sites for hydroxylation is 2. The lowest BCUT2D eigenvalue weighted by Gasteiger charge is -2.22. The molecule has 0 spiro atoms. The molecule has 1 aromatic heterocycles. The number of methoxy groups -OCH3 is 1. The van der Waals surface area contributed by atoms with E-state index in [0.717, 1.165) is 11.0 Å². The highest BCUT2D eigenvalue weighted by Gasteiger charge is 2.29. The molecular formula is C15H20N2O2. The molecular weight excluding hydrogens is 240 g/mol. The van der Waals surface area contributed by atoms with Gasteiger partial charge in [0.2, 0.25) is 0 Å². The van der Waals surface area contributed by atoms with Gasteiger partial charge in [0, 0.05) is 6.54 Å². The summed E-state index contributed by atoms with van der Waals surface area (Å²) in [6.45, 7) is 8.47. The molecule has 0 N–H and O–H groups in total. The summed E-state index contributed by atoms with van der Waals surface area (Å²) in [6, 6.07) is 4.19. The highest BCUT2D eigenvalue weighted by Crippen LogP contribution is 2.24. The van der Waals surface area contributed by atoms with Gasteiger partial charge in [-0.25, -0.2) is 4.98 Å². The van der Waals surface area contributed by atoms with Gasteiger partial charge in [-0.2, -0.15) is 0 Å². The number of aromatic nitrogens is 2. The molecule has 0 amide bonds. The second-order valence-corrected chi connectivity index (χ2v) is 5.67. The first-order valence-corrected chi connectivity index (χ1v) is 6.35.